The maximum absolute atomic E-state index is 10.9. The Hall–Kier alpha value is -0.220. The first kappa shape index (κ1) is 11.8. The van der Waals surface area contributed by atoms with E-state index in [1.165, 1.54) is 0 Å². The van der Waals surface area contributed by atoms with Crippen molar-refractivity contribution in [2.45, 2.75) is 32.2 Å². The molecular weight excluding hydrogens is 174 g/mol. The van der Waals surface area contributed by atoms with E-state index in [0.29, 0.717) is 13.0 Å². The van der Waals surface area contributed by atoms with Gasteiger partial charge in [0, 0.05) is 6.04 Å². The predicted molar refractivity (Wildman–Crippen MR) is 52.3 cm³/mol. The van der Waals surface area contributed by atoms with Crippen LogP contribution in [0.15, 0.2) is 0 Å². The van der Waals surface area contributed by atoms with Crippen molar-refractivity contribution in [2.75, 3.05) is 12.4 Å². The van der Waals surface area contributed by atoms with Crippen LogP contribution in [0.5, 0.6) is 0 Å². The molecule has 3 nitrogen and oxygen atoms in total. The molecule has 0 aliphatic rings. The number of carbonyl (C=O) groups excluding carboxylic acids is 1. The molecule has 2 N–H and O–H groups in total. The molecule has 0 saturated heterocycles. The van der Waals surface area contributed by atoms with E-state index in [2.05, 4.69) is 12.6 Å². The Morgan fingerprint density at radius 3 is 2.75 bits per heavy atom. The smallest absolute Gasteiger partial charge is 0.307 e. The van der Waals surface area contributed by atoms with E-state index in [1.54, 1.807) is 6.92 Å². The Kier molecular flexibility index (Phi) is 7.29. The second-order valence-corrected chi connectivity index (χ2v) is 3.28. The first-order valence-corrected chi connectivity index (χ1v) is 4.82. The van der Waals surface area contributed by atoms with Gasteiger partial charge in [-0.15, -0.1) is 0 Å². The topological polar surface area (TPSA) is 52.3 Å². The number of rotatable bonds is 6. The van der Waals surface area contributed by atoms with Crippen LogP contribution in [0.4, 0.5) is 0 Å². The van der Waals surface area contributed by atoms with Gasteiger partial charge in [-0.2, -0.15) is 12.6 Å². The zero-order chi connectivity index (χ0) is 9.40. The molecule has 0 spiro atoms. The van der Waals surface area contributed by atoms with Crippen molar-refractivity contribution in [3.05, 3.63) is 0 Å². The van der Waals surface area contributed by atoms with E-state index >= 15 is 0 Å². The molecule has 1 unspecified atom stereocenters. The third-order valence-corrected chi connectivity index (χ3v) is 1.62. The summed E-state index contributed by atoms with van der Waals surface area (Å²) < 4.78 is 4.90. The van der Waals surface area contributed by atoms with Gasteiger partial charge in [-0.05, 0) is 25.5 Å². The van der Waals surface area contributed by atoms with Gasteiger partial charge in [0.05, 0.1) is 13.0 Å². The van der Waals surface area contributed by atoms with Crippen molar-refractivity contribution in [1.29, 1.82) is 0 Å². The molecule has 0 aromatic carbocycles. The average Bonchev–Trinajstić information content (AvgIpc) is 1.97. The van der Waals surface area contributed by atoms with Crippen LogP contribution in [0.25, 0.3) is 0 Å². The number of hydrogen-bond acceptors (Lipinski definition) is 4. The molecule has 72 valence electrons. The Morgan fingerprint density at radius 2 is 2.25 bits per heavy atom. The highest BCUT2D eigenvalue weighted by atomic mass is 32.1. The minimum atomic E-state index is -0.204. The second kappa shape index (κ2) is 7.43. The molecule has 0 amide bonds. The maximum Gasteiger partial charge on any atom is 0.307 e. The summed E-state index contributed by atoms with van der Waals surface area (Å²) in [5.41, 5.74) is 5.41. The minimum absolute atomic E-state index is 0.109. The Bertz CT molecular complexity index is 128. The monoisotopic (exact) mass is 191 g/mol. The van der Waals surface area contributed by atoms with Crippen LogP contribution < -0.4 is 5.73 Å². The van der Waals surface area contributed by atoms with E-state index in [1.807, 2.05) is 0 Å². The molecule has 0 aromatic rings. The van der Waals surface area contributed by atoms with Gasteiger partial charge in [-0.3, -0.25) is 4.79 Å². The van der Waals surface area contributed by atoms with Crippen LogP contribution in [0.2, 0.25) is 0 Å². The van der Waals surface area contributed by atoms with Gasteiger partial charge in [-0.25, -0.2) is 0 Å². The summed E-state index contributed by atoms with van der Waals surface area (Å²) in [7, 11) is 0. The van der Waals surface area contributed by atoms with Crippen LogP contribution in [-0.4, -0.2) is 24.4 Å². The predicted octanol–water partition coefficient (Wildman–Crippen LogP) is 0.977. The minimum Gasteiger partial charge on any atom is -0.466 e. The molecule has 0 saturated carbocycles. The number of hydrogen-bond donors (Lipinski definition) is 2. The summed E-state index contributed by atoms with van der Waals surface area (Å²) in [6.45, 7) is 2.28. The van der Waals surface area contributed by atoms with E-state index in [0.717, 1.165) is 18.6 Å². The quantitative estimate of drug-likeness (QED) is 0.374. The average molecular weight is 191 g/mol. The lowest BCUT2D eigenvalue weighted by Crippen LogP contribution is -2.21. The Morgan fingerprint density at radius 1 is 1.58 bits per heavy atom. The normalized spacial score (nSPS) is 12.6. The molecule has 0 fully saturated rings. The van der Waals surface area contributed by atoms with Gasteiger partial charge in [0.15, 0.2) is 0 Å². The van der Waals surface area contributed by atoms with Crippen molar-refractivity contribution in [3.63, 3.8) is 0 Å². The summed E-state index contributed by atoms with van der Waals surface area (Å²) in [4.78, 5) is 10.9. The molecule has 0 radical (unpaired) electrons. The fraction of sp³-hybridized carbons (Fsp3) is 0.875. The molecular formula is C8H17NO2S. The summed E-state index contributed by atoms with van der Waals surface area (Å²) in [6.07, 6.45) is 2.17. The Balaban J connectivity index is 3.20. The third-order valence-electron chi connectivity index (χ3n) is 1.30. The van der Waals surface area contributed by atoms with Crippen LogP contribution in [0.3, 0.4) is 0 Å². The van der Waals surface area contributed by atoms with Gasteiger partial charge in [0.1, 0.15) is 0 Å². The Labute approximate surface area is 79.1 Å². The number of esters is 1. The lowest BCUT2D eigenvalue weighted by atomic mass is 10.2. The second-order valence-electron chi connectivity index (χ2n) is 2.83. The lowest BCUT2D eigenvalue weighted by Gasteiger charge is -2.05. The molecule has 0 rings (SSSR count). The van der Waals surface area contributed by atoms with Crippen molar-refractivity contribution < 1.29 is 9.53 Å². The van der Waals surface area contributed by atoms with Crippen LogP contribution in [0.1, 0.15) is 26.2 Å². The number of nitrogens with two attached hydrogens (primary N) is 1. The fourth-order valence-corrected chi connectivity index (χ4v) is 0.945. The van der Waals surface area contributed by atoms with Crippen molar-refractivity contribution in [3.8, 4) is 0 Å². The van der Waals surface area contributed by atoms with E-state index < -0.39 is 0 Å². The molecule has 0 heterocycles. The van der Waals surface area contributed by atoms with E-state index in [4.69, 9.17) is 10.5 Å². The SMILES string of the molecule is CC(N)CC(=O)OCCCCS. The third kappa shape index (κ3) is 7.88. The van der Waals surface area contributed by atoms with Gasteiger partial charge in [0.25, 0.3) is 0 Å². The van der Waals surface area contributed by atoms with Crippen LogP contribution in [0, 0.1) is 0 Å². The van der Waals surface area contributed by atoms with E-state index in [-0.39, 0.29) is 12.0 Å². The fourth-order valence-electron chi connectivity index (χ4n) is 0.722. The molecule has 0 bridgehead atoms. The highest BCUT2D eigenvalue weighted by molar-refractivity contribution is 7.80. The van der Waals surface area contributed by atoms with E-state index in [9.17, 15) is 4.79 Å². The van der Waals surface area contributed by atoms with Crippen molar-refractivity contribution >= 4 is 18.6 Å². The first-order valence-electron chi connectivity index (χ1n) is 4.19. The first-order chi connectivity index (χ1) is 5.66. The summed E-state index contributed by atoms with van der Waals surface area (Å²) >= 11 is 4.04. The highest BCUT2D eigenvalue weighted by Crippen LogP contribution is 1.95. The standard InChI is InChI=1S/C8H17NO2S/c1-7(9)6-8(10)11-4-2-3-5-12/h7,12H,2-6,9H2,1H3. The van der Waals surface area contributed by atoms with Gasteiger partial charge in [-0.1, -0.05) is 0 Å². The molecule has 0 aromatic heterocycles. The molecule has 12 heavy (non-hydrogen) atoms. The number of unbranched alkanes of at least 4 members (excludes halogenated alkanes) is 1. The maximum atomic E-state index is 10.9. The molecule has 4 heteroatoms. The summed E-state index contributed by atoms with van der Waals surface area (Å²) in [5.74, 6) is 0.634. The number of ether oxygens (including phenoxy) is 1. The largest absolute Gasteiger partial charge is 0.466 e. The van der Waals surface area contributed by atoms with Crippen LogP contribution >= 0.6 is 12.6 Å². The number of carbonyl (C=O) groups is 1. The molecule has 0 aliphatic heterocycles. The van der Waals surface area contributed by atoms with Crippen LogP contribution in [-0.2, 0) is 9.53 Å². The number of thiol groups is 1. The molecule has 1 atom stereocenters. The van der Waals surface area contributed by atoms with Gasteiger partial charge >= 0.3 is 5.97 Å². The lowest BCUT2D eigenvalue weighted by molar-refractivity contribution is -0.144. The highest BCUT2D eigenvalue weighted by Gasteiger charge is 2.04. The summed E-state index contributed by atoms with van der Waals surface area (Å²) in [5, 5.41) is 0. The zero-order valence-electron chi connectivity index (χ0n) is 7.45. The van der Waals surface area contributed by atoms with Gasteiger partial charge < -0.3 is 10.5 Å². The molecule has 0 aliphatic carbocycles. The summed E-state index contributed by atoms with van der Waals surface area (Å²) in [6, 6.07) is -0.109. The zero-order valence-corrected chi connectivity index (χ0v) is 8.35. The van der Waals surface area contributed by atoms with Crippen molar-refractivity contribution in [2.24, 2.45) is 5.73 Å². The van der Waals surface area contributed by atoms with Gasteiger partial charge in [0.2, 0.25) is 0 Å². The van der Waals surface area contributed by atoms with Crippen molar-refractivity contribution in [1.82, 2.24) is 0 Å².